The summed E-state index contributed by atoms with van der Waals surface area (Å²) >= 11 is 0. The molecule has 0 bridgehead atoms. The first-order chi connectivity index (χ1) is 10.9. The molecule has 2 heterocycles. The molecule has 0 saturated carbocycles. The Bertz CT molecular complexity index is 728. The number of hydrogen-bond donors (Lipinski definition) is 1. The molecule has 0 amide bonds. The van der Waals surface area contributed by atoms with Crippen molar-refractivity contribution in [3.63, 3.8) is 0 Å². The minimum Gasteiger partial charge on any atom is -0.474 e. The monoisotopic (exact) mass is 315 g/mol. The van der Waals surface area contributed by atoms with Crippen molar-refractivity contribution in [2.24, 2.45) is 10.9 Å². The topological polar surface area (TPSA) is 95.5 Å². The molecule has 7 nitrogen and oxygen atoms in total. The number of nitrogens with two attached hydrogens (primary N) is 1. The molecular weight excluding hydrogens is 294 g/mol. The Labute approximate surface area is 135 Å². The smallest absolute Gasteiger partial charge is 0.227 e. The molecule has 0 spiro atoms. The number of hydrogen-bond acceptors (Lipinski definition) is 6. The number of aryl methyl sites for hydroxylation is 2. The van der Waals surface area contributed by atoms with Crippen LogP contribution < -0.4 is 10.5 Å². The van der Waals surface area contributed by atoms with Gasteiger partial charge in [0.1, 0.15) is 7.11 Å². The average molecular weight is 315 g/mol. The number of nitrogens with zero attached hydrogens (tertiary/aromatic N) is 4. The lowest BCUT2D eigenvalue weighted by atomic mass is 10.1. The maximum absolute atomic E-state index is 5.85. The van der Waals surface area contributed by atoms with E-state index in [9.17, 15) is 0 Å². The van der Waals surface area contributed by atoms with E-state index in [0.717, 1.165) is 17.0 Å². The number of aromatic nitrogens is 3. The van der Waals surface area contributed by atoms with Crippen molar-refractivity contribution in [2.45, 2.75) is 33.8 Å². The Kier molecular flexibility index (Phi) is 5.10. The zero-order valence-electron chi connectivity index (χ0n) is 14.0. The molecule has 122 valence electrons. The molecule has 0 aromatic carbocycles. The van der Waals surface area contributed by atoms with Gasteiger partial charge >= 0.3 is 0 Å². The maximum Gasteiger partial charge on any atom is 0.227 e. The van der Waals surface area contributed by atoms with Crippen molar-refractivity contribution in [2.75, 3.05) is 7.11 Å². The predicted molar refractivity (Wildman–Crippen MR) is 88.2 cm³/mol. The van der Waals surface area contributed by atoms with E-state index in [2.05, 4.69) is 24.9 Å². The van der Waals surface area contributed by atoms with Gasteiger partial charge in [0.05, 0.1) is 23.1 Å². The van der Waals surface area contributed by atoms with Crippen LogP contribution >= 0.6 is 0 Å². The van der Waals surface area contributed by atoms with Crippen LogP contribution in [-0.4, -0.2) is 34.0 Å². The molecule has 0 aliphatic rings. The summed E-state index contributed by atoms with van der Waals surface area (Å²) in [7, 11) is 1.41. The molecule has 0 fully saturated rings. The Balaban J connectivity index is 2.63. The summed E-state index contributed by atoms with van der Waals surface area (Å²) in [6.07, 6.45) is -0.0544. The van der Waals surface area contributed by atoms with Crippen molar-refractivity contribution >= 4 is 5.84 Å². The average Bonchev–Trinajstić information content (AvgIpc) is 2.46. The third-order valence-corrected chi connectivity index (χ3v) is 2.97. The lowest BCUT2D eigenvalue weighted by Gasteiger charge is -2.16. The van der Waals surface area contributed by atoms with E-state index in [1.165, 1.54) is 7.11 Å². The molecule has 0 atom stereocenters. The first-order valence-electron chi connectivity index (χ1n) is 7.28. The minimum absolute atomic E-state index is 0.0544. The SMILES string of the molecule is CO/N=C(\N)c1nc(C)c(-c2cccc(C)n2)c(OC(C)C)n1. The number of pyridine rings is 1. The number of rotatable bonds is 5. The standard InChI is InChI=1S/C16H21N5O2/c1-9(2)23-16-13(12-8-6-7-10(3)18-12)11(4)19-15(20-16)14(17)21-22-5/h6-9H,1-5H3,(H2,17,21). The van der Waals surface area contributed by atoms with Gasteiger partial charge in [0.15, 0.2) is 0 Å². The summed E-state index contributed by atoms with van der Waals surface area (Å²) in [6, 6.07) is 5.77. The van der Waals surface area contributed by atoms with Gasteiger partial charge in [0, 0.05) is 5.69 Å². The molecule has 7 heteroatoms. The summed E-state index contributed by atoms with van der Waals surface area (Å²) in [5.41, 5.74) is 8.93. The van der Waals surface area contributed by atoms with E-state index in [4.69, 9.17) is 10.5 Å². The van der Waals surface area contributed by atoms with Gasteiger partial charge < -0.3 is 15.3 Å². The highest BCUT2D eigenvalue weighted by Gasteiger charge is 2.19. The zero-order valence-corrected chi connectivity index (χ0v) is 14.0. The van der Waals surface area contributed by atoms with Crippen LogP contribution in [0.3, 0.4) is 0 Å². The fourth-order valence-corrected chi connectivity index (χ4v) is 2.09. The van der Waals surface area contributed by atoms with Crippen LogP contribution in [0.15, 0.2) is 23.4 Å². The number of ether oxygens (including phenoxy) is 1. The highest BCUT2D eigenvalue weighted by molar-refractivity contribution is 5.94. The van der Waals surface area contributed by atoms with Crippen LogP contribution in [0, 0.1) is 13.8 Å². The Morgan fingerprint density at radius 2 is 1.91 bits per heavy atom. The van der Waals surface area contributed by atoms with Gasteiger partial charge in [-0.3, -0.25) is 4.98 Å². The second-order valence-electron chi connectivity index (χ2n) is 5.30. The quantitative estimate of drug-likeness (QED) is 0.516. The van der Waals surface area contributed by atoms with E-state index >= 15 is 0 Å². The molecule has 0 radical (unpaired) electrons. The van der Waals surface area contributed by atoms with Crippen molar-refractivity contribution in [1.29, 1.82) is 0 Å². The molecular formula is C16H21N5O2. The largest absolute Gasteiger partial charge is 0.474 e. The summed E-state index contributed by atoms with van der Waals surface area (Å²) in [5.74, 6) is 0.777. The molecule has 23 heavy (non-hydrogen) atoms. The fourth-order valence-electron chi connectivity index (χ4n) is 2.09. The van der Waals surface area contributed by atoms with Gasteiger partial charge in [-0.1, -0.05) is 11.2 Å². The summed E-state index contributed by atoms with van der Waals surface area (Å²) in [4.78, 5) is 18.0. The normalized spacial score (nSPS) is 11.7. The van der Waals surface area contributed by atoms with Gasteiger partial charge in [0.25, 0.3) is 0 Å². The predicted octanol–water partition coefficient (Wildman–Crippen LogP) is 2.21. The zero-order chi connectivity index (χ0) is 17.0. The van der Waals surface area contributed by atoms with Crippen LogP contribution in [0.25, 0.3) is 11.3 Å². The van der Waals surface area contributed by atoms with E-state index in [1.807, 2.05) is 45.9 Å². The Morgan fingerprint density at radius 1 is 1.17 bits per heavy atom. The van der Waals surface area contributed by atoms with Gasteiger partial charge in [0.2, 0.25) is 17.5 Å². The third-order valence-electron chi connectivity index (χ3n) is 2.97. The highest BCUT2D eigenvalue weighted by Crippen LogP contribution is 2.30. The maximum atomic E-state index is 5.85. The van der Waals surface area contributed by atoms with Crippen molar-refractivity contribution in [3.8, 4) is 17.1 Å². The van der Waals surface area contributed by atoms with E-state index in [0.29, 0.717) is 11.6 Å². The van der Waals surface area contributed by atoms with Crippen molar-refractivity contribution in [3.05, 3.63) is 35.4 Å². The first-order valence-corrected chi connectivity index (χ1v) is 7.28. The molecule has 0 saturated heterocycles. The lowest BCUT2D eigenvalue weighted by Crippen LogP contribution is -2.20. The summed E-state index contributed by atoms with van der Waals surface area (Å²) in [5, 5.41) is 3.67. The van der Waals surface area contributed by atoms with Gasteiger partial charge in [-0.2, -0.15) is 4.98 Å². The minimum atomic E-state index is -0.0544. The highest BCUT2D eigenvalue weighted by atomic mass is 16.6. The Morgan fingerprint density at radius 3 is 2.52 bits per heavy atom. The molecule has 0 aliphatic heterocycles. The van der Waals surface area contributed by atoms with E-state index in [-0.39, 0.29) is 17.8 Å². The molecule has 2 N–H and O–H groups in total. The molecule has 2 aromatic rings. The van der Waals surface area contributed by atoms with Gasteiger partial charge in [-0.25, -0.2) is 4.98 Å². The number of oxime groups is 1. The number of amidine groups is 1. The molecule has 2 aromatic heterocycles. The van der Waals surface area contributed by atoms with E-state index < -0.39 is 0 Å². The van der Waals surface area contributed by atoms with Crippen molar-refractivity contribution < 1.29 is 9.57 Å². The summed E-state index contributed by atoms with van der Waals surface area (Å²) in [6.45, 7) is 7.65. The first kappa shape index (κ1) is 16.7. The van der Waals surface area contributed by atoms with Crippen molar-refractivity contribution in [1.82, 2.24) is 15.0 Å². The van der Waals surface area contributed by atoms with Crippen LogP contribution in [-0.2, 0) is 4.84 Å². The van der Waals surface area contributed by atoms with Crippen LogP contribution in [0.4, 0.5) is 0 Å². The van der Waals surface area contributed by atoms with E-state index in [1.54, 1.807) is 0 Å². The third kappa shape index (κ3) is 3.94. The van der Waals surface area contributed by atoms with Crippen LogP contribution in [0.2, 0.25) is 0 Å². The van der Waals surface area contributed by atoms with Gasteiger partial charge in [-0.05, 0) is 39.8 Å². The second-order valence-corrected chi connectivity index (χ2v) is 5.30. The molecule has 2 rings (SSSR count). The summed E-state index contributed by atoms with van der Waals surface area (Å²) < 4.78 is 5.85. The second kappa shape index (κ2) is 7.04. The van der Waals surface area contributed by atoms with Crippen LogP contribution in [0.1, 0.15) is 31.1 Å². The van der Waals surface area contributed by atoms with Gasteiger partial charge in [-0.15, -0.1) is 0 Å². The molecule has 0 aliphatic carbocycles. The Hall–Kier alpha value is -2.70. The van der Waals surface area contributed by atoms with Crippen LogP contribution in [0.5, 0.6) is 5.88 Å². The fraction of sp³-hybridized carbons (Fsp3) is 0.375. The molecule has 0 unspecified atom stereocenters. The lowest BCUT2D eigenvalue weighted by molar-refractivity contribution is 0.212.